The monoisotopic (exact) mass is 315 g/mol. The number of hydrogen-bond donors (Lipinski definition) is 2. The summed E-state index contributed by atoms with van der Waals surface area (Å²) in [4.78, 5) is 0. The summed E-state index contributed by atoms with van der Waals surface area (Å²) in [5.41, 5.74) is 0.260. The summed E-state index contributed by atoms with van der Waals surface area (Å²) >= 11 is 0. The molecule has 122 valence electrons. The van der Waals surface area contributed by atoms with Gasteiger partial charge in [0.25, 0.3) is 10.2 Å². The van der Waals surface area contributed by atoms with Gasteiger partial charge in [-0.05, 0) is 62.8 Å². The van der Waals surface area contributed by atoms with Crippen LogP contribution in [-0.4, -0.2) is 44.9 Å². The first kappa shape index (κ1) is 15.7. The zero-order valence-corrected chi connectivity index (χ0v) is 13.9. The van der Waals surface area contributed by atoms with E-state index in [9.17, 15) is 8.42 Å². The Morgan fingerprint density at radius 3 is 2.62 bits per heavy atom. The molecule has 1 heterocycles. The number of hydrogen-bond acceptors (Lipinski definition) is 3. The molecule has 0 aromatic rings. The van der Waals surface area contributed by atoms with Crippen LogP contribution in [0.1, 0.15) is 51.9 Å². The van der Waals surface area contributed by atoms with E-state index in [1.165, 1.54) is 25.7 Å². The molecule has 3 fully saturated rings. The van der Waals surface area contributed by atoms with Gasteiger partial charge in [-0.1, -0.05) is 6.92 Å². The van der Waals surface area contributed by atoms with Crippen molar-refractivity contribution < 1.29 is 8.42 Å². The van der Waals surface area contributed by atoms with Gasteiger partial charge in [-0.2, -0.15) is 12.7 Å². The fraction of sp³-hybridized carbons (Fsp3) is 1.00. The molecule has 0 spiro atoms. The highest BCUT2D eigenvalue weighted by Crippen LogP contribution is 2.48. The molecule has 3 aliphatic rings. The summed E-state index contributed by atoms with van der Waals surface area (Å²) in [6, 6.07) is 0.703. The average molecular weight is 315 g/mol. The quantitative estimate of drug-likeness (QED) is 0.713. The Hall–Kier alpha value is -0.170. The topological polar surface area (TPSA) is 61.4 Å². The van der Waals surface area contributed by atoms with Crippen LogP contribution in [0.4, 0.5) is 0 Å². The van der Waals surface area contributed by atoms with Crippen LogP contribution in [0.2, 0.25) is 0 Å². The second-order valence-electron chi connectivity index (χ2n) is 7.23. The van der Waals surface area contributed by atoms with Crippen molar-refractivity contribution >= 4 is 10.2 Å². The molecule has 0 aromatic carbocycles. The first-order chi connectivity index (χ1) is 10.0. The molecule has 6 heteroatoms. The second kappa shape index (κ2) is 6.14. The van der Waals surface area contributed by atoms with Crippen LogP contribution in [0.25, 0.3) is 0 Å². The van der Waals surface area contributed by atoms with Gasteiger partial charge in [0, 0.05) is 25.7 Å². The maximum atomic E-state index is 12.5. The standard InChI is InChI=1S/C15H29N3O2S/c1-2-15(7-8-15)12-17-21(19,20)18-9-3-4-13(11-18)10-16-14-5-6-14/h13-14,16-17H,2-12H2,1H3. The number of nitrogens with one attached hydrogen (secondary N) is 2. The van der Waals surface area contributed by atoms with Crippen molar-refractivity contribution in [3.63, 3.8) is 0 Å². The average Bonchev–Trinajstić information content (AvgIpc) is 3.39. The van der Waals surface area contributed by atoms with E-state index < -0.39 is 10.2 Å². The molecule has 21 heavy (non-hydrogen) atoms. The highest BCUT2D eigenvalue weighted by atomic mass is 32.2. The SMILES string of the molecule is CCC1(CNS(=O)(=O)N2CCCC(CNC3CC3)C2)CC1. The van der Waals surface area contributed by atoms with Crippen molar-refractivity contribution in [3.8, 4) is 0 Å². The molecule has 0 radical (unpaired) electrons. The Morgan fingerprint density at radius 1 is 1.24 bits per heavy atom. The molecule has 2 saturated carbocycles. The molecular weight excluding hydrogens is 286 g/mol. The Bertz CT molecular complexity index is 458. The molecule has 3 rings (SSSR count). The molecule has 0 aromatic heterocycles. The normalized spacial score (nSPS) is 29.5. The van der Waals surface area contributed by atoms with Crippen molar-refractivity contribution in [2.45, 2.75) is 57.9 Å². The van der Waals surface area contributed by atoms with Gasteiger partial charge >= 0.3 is 0 Å². The van der Waals surface area contributed by atoms with Crippen molar-refractivity contribution in [1.29, 1.82) is 0 Å². The summed E-state index contributed by atoms with van der Waals surface area (Å²) < 4.78 is 29.5. The molecule has 2 N–H and O–H groups in total. The minimum absolute atomic E-state index is 0.260. The van der Waals surface area contributed by atoms with E-state index in [0.29, 0.717) is 31.6 Å². The second-order valence-corrected chi connectivity index (χ2v) is 8.98. The van der Waals surface area contributed by atoms with E-state index in [1.807, 2.05) is 0 Å². The lowest BCUT2D eigenvalue weighted by atomic mass is 10.00. The lowest BCUT2D eigenvalue weighted by molar-refractivity contribution is 0.256. The van der Waals surface area contributed by atoms with Crippen LogP contribution in [-0.2, 0) is 10.2 Å². The molecular formula is C15H29N3O2S. The molecule has 5 nitrogen and oxygen atoms in total. The van der Waals surface area contributed by atoms with Crippen LogP contribution in [0.15, 0.2) is 0 Å². The highest BCUT2D eigenvalue weighted by molar-refractivity contribution is 7.87. The summed E-state index contributed by atoms with van der Waals surface area (Å²) in [6.07, 6.45) is 8.11. The van der Waals surface area contributed by atoms with E-state index in [1.54, 1.807) is 4.31 Å². The Kier molecular flexibility index (Phi) is 4.60. The molecule has 0 bridgehead atoms. The number of rotatable bonds is 8. The maximum Gasteiger partial charge on any atom is 0.279 e. The van der Waals surface area contributed by atoms with Crippen LogP contribution in [0, 0.1) is 11.3 Å². The first-order valence-corrected chi connectivity index (χ1v) is 9.95. The van der Waals surface area contributed by atoms with Crippen LogP contribution >= 0.6 is 0 Å². The summed E-state index contributed by atoms with van der Waals surface area (Å²) in [6.45, 7) is 5.09. The van der Waals surface area contributed by atoms with E-state index >= 15 is 0 Å². The summed E-state index contributed by atoms with van der Waals surface area (Å²) in [5, 5.41) is 3.53. The third-order valence-electron chi connectivity index (χ3n) is 5.43. The lowest BCUT2D eigenvalue weighted by Crippen LogP contribution is -2.48. The van der Waals surface area contributed by atoms with Crippen molar-refractivity contribution in [2.24, 2.45) is 11.3 Å². The molecule has 1 atom stereocenters. The summed E-state index contributed by atoms with van der Waals surface area (Å²) in [7, 11) is -3.29. The smallest absolute Gasteiger partial charge is 0.279 e. The summed E-state index contributed by atoms with van der Waals surface area (Å²) in [5.74, 6) is 0.469. The van der Waals surface area contributed by atoms with Crippen LogP contribution in [0.3, 0.4) is 0 Å². The van der Waals surface area contributed by atoms with Crippen LogP contribution < -0.4 is 10.0 Å². The number of piperidine rings is 1. The zero-order chi connectivity index (χ0) is 14.9. The predicted octanol–water partition coefficient (Wildman–Crippen LogP) is 1.47. The minimum atomic E-state index is -3.29. The van der Waals surface area contributed by atoms with Gasteiger partial charge in [-0.25, -0.2) is 4.72 Å². The fourth-order valence-corrected chi connectivity index (χ4v) is 4.65. The van der Waals surface area contributed by atoms with E-state index in [-0.39, 0.29) is 5.41 Å². The van der Waals surface area contributed by atoms with Crippen molar-refractivity contribution in [1.82, 2.24) is 14.3 Å². The lowest BCUT2D eigenvalue weighted by Gasteiger charge is -2.32. The fourth-order valence-electron chi connectivity index (χ4n) is 3.20. The van der Waals surface area contributed by atoms with Gasteiger partial charge in [-0.3, -0.25) is 0 Å². The van der Waals surface area contributed by atoms with Gasteiger partial charge in [0.1, 0.15) is 0 Å². The van der Waals surface area contributed by atoms with Gasteiger partial charge in [0.15, 0.2) is 0 Å². The molecule has 0 amide bonds. The maximum absolute atomic E-state index is 12.5. The Labute approximate surface area is 129 Å². The van der Waals surface area contributed by atoms with Crippen molar-refractivity contribution in [2.75, 3.05) is 26.2 Å². The van der Waals surface area contributed by atoms with E-state index in [0.717, 1.165) is 25.8 Å². The van der Waals surface area contributed by atoms with E-state index in [2.05, 4.69) is 17.0 Å². The molecule has 1 unspecified atom stereocenters. The largest absolute Gasteiger partial charge is 0.314 e. The van der Waals surface area contributed by atoms with Crippen LogP contribution in [0.5, 0.6) is 0 Å². The van der Waals surface area contributed by atoms with E-state index in [4.69, 9.17) is 0 Å². The van der Waals surface area contributed by atoms with Gasteiger partial charge in [0.2, 0.25) is 0 Å². The highest BCUT2D eigenvalue weighted by Gasteiger charge is 2.42. The Balaban J connectivity index is 1.48. The molecule has 2 aliphatic carbocycles. The Morgan fingerprint density at radius 2 is 2.00 bits per heavy atom. The first-order valence-electron chi connectivity index (χ1n) is 8.51. The van der Waals surface area contributed by atoms with Gasteiger partial charge in [-0.15, -0.1) is 0 Å². The van der Waals surface area contributed by atoms with Gasteiger partial charge < -0.3 is 5.32 Å². The third-order valence-corrected chi connectivity index (χ3v) is 6.95. The molecule has 1 aliphatic heterocycles. The van der Waals surface area contributed by atoms with Crippen molar-refractivity contribution in [3.05, 3.63) is 0 Å². The molecule has 1 saturated heterocycles. The van der Waals surface area contributed by atoms with Gasteiger partial charge in [0.05, 0.1) is 0 Å². The minimum Gasteiger partial charge on any atom is -0.314 e. The number of nitrogens with zero attached hydrogens (tertiary/aromatic N) is 1. The predicted molar refractivity (Wildman–Crippen MR) is 84.2 cm³/mol. The third kappa shape index (κ3) is 4.18. The zero-order valence-electron chi connectivity index (χ0n) is 13.1.